The number of ether oxygens (including phenoxy) is 2. The Morgan fingerprint density at radius 1 is 1.20 bits per heavy atom. The van der Waals surface area contributed by atoms with Gasteiger partial charge in [0.05, 0.1) is 25.2 Å². The number of thiocarbonyl (C=S) groups is 1. The number of benzene rings is 1. The molecule has 2 rings (SSSR count). The van der Waals surface area contributed by atoms with Gasteiger partial charge >= 0.3 is 0 Å². The SMILES string of the molecule is COc1ccc(C(C(N)=S)N2CCCCC2)c(OC)c1. The zero-order chi connectivity index (χ0) is 14.5. The van der Waals surface area contributed by atoms with E-state index in [4.69, 9.17) is 27.4 Å². The van der Waals surface area contributed by atoms with E-state index in [-0.39, 0.29) is 6.04 Å². The molecule has 1 unspecified atom stereocenters. The number of nitrogens with zero attached hydrogens (tertiary/aromatic N) is 1. The number of methoxy groups -OCH3 is 2. The third-order valence-corrected chi connectivity index (χ3v) is 3.98. The Kier molecular flexibility index (Phi) is 5.20. The van der Waals surface area contributed by atoms with Gasteiger partial charge in [-0.1, -0.05) is 18.6 Å². The summed E-state index contributed by atoms with van der Waals surface area (Å²) >= 11 is 5.30. The molecule has 0 radical (unpaired) electrons. The molecule has 1 fully saturated rings. The van der Waals surface area contributed by atoms with Gasteiger partial charge in [-0.05, 0) is 38.1 Å². The normalized spacial score (nSPS) is 17.5. The van der Waals surface area contributed by atoms with Crippen molar-refractivity contribution in [3.05, 3.63) is 23.8 Å². The van der Waals surface area contributed by atoms with Crippen LogP contribution in [0.25, 0.3) is 0 Å². The minimum Gasteiger partial charge on any atom is -0.497 e. The molecule has 0 saturated carbocycles. The summed E-state index contributed by atoms with van der Waals surface area (Å²) in [5.74, 6) is 1.54. The van der Waals surface area contributed by atoms with E-state index in [1.807, 2.05) is 18.2 Å². The molecule has 5 heteroatoms. The molecule has 0 aliphatic carbocycles. The Balaban J connectivity index is 2.35. The van der Waals surface area contributed by atoms with Crippen LogP contribution >= 0.6 is 12.2 Å². The molecule has 1 aromatic carbocycles. The van der Waals surface area contributed by atoms with Gasteiger partial charge in [0, 0.05) is 11.6 Å². The number of nitrogens with two attached hydrogens (primary N) is 1. The standard InChI is InChI=1S/C15H22N2O2S/c1-18-11-6-7-12(13(10-11)19-2)14(15(16)20)17-8-4-3-5-9-17/h6-7,10,14H,3-5,8-9H2,1-2H3,(H2,16,20). The van der Waals surface area contributed by atoms with Crippen molar-refractivity contribution in [2.24, 2.45) is 5.73 Å². The van der Waals surface area contributed by atoms with Gasteiger partial charge in [0.1, 0.15) is 11.5 Å². The summed E-state index contributed by atoms with van der Waals surface area (Å²) < 4.78 is 10.7. The Morgan fingerprint density at radius 3 is 2.45 bits per heavy atom. The molecule has 1 saturated heterocycles. The molecule has 1 heterocycles. The Hall–Kier alpha value is -1.33. The average molecular weight is 294 g/mol. The summed E-state index contributed by atoms with van der Waals surface area (Å²) in [5.41, 5.74) is 7.01. The highest BCUT2D eigenvalue weighted by atomic mass is 32.1. The van der Waals surface area contributed by atoms with Gasteiger partial charge in [0.25, 0.3) is 0 Å². The van der Waals surface area contributed by atoms with Crippen LogP contribution in [0.4, 0.5) is 0 Å². The molecule has 0 spiro atoms. The molecule has 0 bridgehead atoms. The minimum atomic E-state index is -0.0637. The van der Waals surface area contributed by atoms with E-state index in [0.717, 1.165) is 30.2 Å². The van der Waals surface area contributed by atoms with Crippen LogP contribution in [0.15, 0.2) is 18.2 Å². The first-order valence-corrected chi connectivity index (χ1v) is 7.33. The summed E-state index contributed by atoms with van der Waals surface area (Å²) in [5, 5.41) is 0. The van der Waals surface area contributed by atoms with Gasteiger partial charge in [-0.15, -0.1) is 0 Å². The maximum Gasteiger partial charge on any atom is 0.127 e. The molecule has 0 amide bonds. The molecule has 4 nitrogen and oxygen atoms in total. The summed E-state index contributed by atoms with van der Waals surface area (Å²) in [6, 6.07) is 5.74. The predicted molar refractivity (Wildman–Crippen MR) is 84.5 cm³/mol. The van der Waals surface area contributed by atoms with E-state index in [1.165, 1.54) is 19.3 Å². The van der Waals surface area contributed by atoms with Crippen molar-refractivity contribution in [1.82, 2.24) is 4.90 Å². The summed E-state index contributed by atoms with van der Waals surface area (Å²) in [4.78, 5) is 2.84. The fourth-order valence-electron chi connectivity index (χ4n) is 2.75. The number of rotatable bonds is 5. The van der Waals surface area contributed by atoms with E-state index in [9.17, 15) is 0 Å². The van der Waals surface area contributed by atoms with Crippen LogP contribution in [-0.2, 0) is 0 Å². The third kappa shape index (κ3) is 3.22. The van der Waals surface area contributed by atoms with E-state index in [1.54, 1.807) is 14.2 Å². The van der Waals surface area contributed by atoms with Crippen LogP contribution < -0.4 is 15.2 Å². The van der Waals surface area contributed by atoms with E-state index >= 15 is 0 Å². The lowest BCUT2D eigenvalue weighted by atomic mass is 10.0. The molecule has 1 aliphatic rings. The molecule has 0 aromatic heterocycles. The fourth-order valence-corrected chi connectivity index (χ4v) is 3.03. The highest BCUT2D eigenvalue weighted by molar-refractivity contribution is 7.80. The largest absolute Gasteiger partial charge is 0.497 e. The first-order valence-electron chi connectivity index (χ1n) is 6.92. The number of hydrogen-bond acceptors (Lipinski definition) is 4. The maximum atomic E-state index is 6.00. The lowest BCUT2D eigenvalue weighted by Gasteiger charge is -2.34. The smallest absolute Gasteiger partial charge is 0.127 e. The van der Waals surface area contributed by atoms with Crippen molar-refractivity contribution in [3.8, 4) is 11.5 Å². The monoisotopic (exact) mass is 294 g/mol. The highest BCUT2D eigenvalue weighted by Gasteiger charge is 2.27. The fraction of sp³-hybridized carbons (Fsp3) is 0.533. The van der Waals surface area contributed by atoms with Crippen molar-refractivity contribution in [3.63, 3.8) is 0 Å². The predicted octanol–water partition coefficient (Wildman–Crippen LogP) is 2.52. The zero-order valence-corrected chi connectivity index (χ0v) is 12.9. The van der Waals surface area contributed by atoms with Gasteiger partial charge in [0.2, 0.25) is 0 Å². The van der Waals surface area contributed by atoms with Crippen LogP contribution in [-0.4, -0.2) is 37.2 Å². The first kappa shape index (κ1) is 15.1. The average Bonchev–Trinajstić information content (AvgIpc) is 2.48. The quantitative estimate of drug-likeness (QED) is 0.846. The van der Waals surface area contributed by atoms with Crippen molar-refractivity contribution < 1.29 is 9.47 Å². The minimum absolute atomic E-state index is 0.0637. The van der Waals surface area contributed by atoms with E-state index in [2.05, 4.69) is 4.90 Å². The zero-order valence-electron chi connectivity index (χ0n) is 12.1. The maximum absolute atomic E-state index is 6.00. The number of likely N-dealkylation sites (tertiary alicyclic amines) is 1. The van der Waals surface area contributed by atoms with Crippen molar-refractivity contribution >= 4 is 17.2 Å². The van der Waals surface area contributed by atoms with E-state index < -0.39 is 0 Å². The highest BCUT2D eigenvalue weighted by Crippen LogP contribution is 2.34. The molecule has 1 aliphatic heterocycles. The van der Waals surface area contributed by atoms with Gasteiger partial charge in [0.15, 0.2) is 0 Å². The van der Waals surface area contributed by atoms with Gasteiger partial charge in [-0.2, -0.15) is 0 Å². The summed E-state index contributed by atoms with van der Waals surface area (Å²) in [6.07, 6.45) is 3.66. The van der Waals surface area contributed by atoms with Crippen molar-refractivity contribution in [2.45, 2.75) is 25.3 Å². The lowest BCUT2D eigenvalue weighted by Crippen LogP contribution is -2.40. The van der Waals surface area contributed by atoms with Crippen molar-refractivity contribution in [2.75, 3.05) is 27.3 Å². The second kappa shape index (κ2) is 6.90. The number of hydrogen-bond donors (Lipinski definition) is 1. The van der Waals surface area contributed by atoms with Crippen LogP contribution in [0.1, 0.15) is 30.9 Å². The van der Waals surface area contributed by atoms with Crippen molar-refractivity contribution in [1.29, 1.82) is 0 Å². The first-order chi connectivity index (χ1) is 9.67. The van der Waals surface area contributed by atoms with E-state index in [0.29, 0.717) is 4.99 Å². The molecule has 20 heavy (non-hydrogen) atoms. The molecular formula is C15H22N2O2S. The molecule has 2 N–H and O–H groups in total. The topological polar surface area (TPSA) is 47.7 Å². The van der Waals surface area contributed by atoms with Crippen LogP contribution in [0, 0.1) is 0 Å². The Bertz CT molecular complexity index is 473. The van der Waals surface area contributed by atoms with Gasteiger partial charge in [-0.25, -0.2) is 0 Å². The summed E-state index contributed by atoms with van der Waals surface area (Å²) in [7, 11) is 3.30. The van der Waals surface area contributed by atoms with Crippen LogP contribution in [0.2, 0.25) is 0 Å². The molecule has 110 valence electrons. The lowest BCUT2D eigenvalue weighted by molar-refractivity contribution is 0.200. The van der Waals surface area contributed by atoms with Gasteiger partial charge < -0.3 is 15.2 Å². The Morgan fingerprint density at radius 2 is 1.90 bits per heavy atom. The summed E-state index contributed by atoms with van der Waals surface area (Å²) in [6.45, 7) is 2.05. The second-order valence-electron chi connectivity index (χ2n) is 5.01. The molecule has 1 aromatic rings. The molecular weight excluding hydrogens is 272 g/mol. The van der Waals surface area contributed by atoms with Crippen LogP contribution in [0.3, 0.4) is 0 Å². The van der Waals surface area contributed by atoms with Gasteiger partial charge in [-0.3, -0.25) is 4.90 Å². The molecule has 1 atom stereocenters. The number of piperidine rings is 1. The Labute approximate surface area is 125 Å². The second-order valence-corrected chi connectivity index (χ2v) is 5.48. The third-order valence-electron chi connectivity index (χ3n) is 3.76. The van der Waals surface area contributed by atoms with Crippen LogP contribution in [0.5, 0.6) is 11.5 Å².